The van der Waals surface area contributed by atoms with Crippen molar-refractivity contribution in [1.29, 1.82) is 0 Å². The van der Waals surface area contributed by atoms with Gasteiger partial charge in [0.05, 0.1) is 25.3 Å². The number of halogens is 2. The van der Waals surface area contributed by atoms with Gasteiger partial charge in [-0.05, 0) is 37.6 Å². The Morgan fingerprint density at radius 2 is 1.97 bits per heavy atom. The van der Waals surface area contributed by atoms with E-state index in [1.54, 1.807) is 32.0 Å². The molecule has 0 radical (unpaired) electrons. The van der Waals surface area contributed by atoms with Crippen LogP contribution >= 0.6 is 27.5 Å². The summed E-state index contributed by atoms with van der Waals surface area (Å²) in [5, 5.41) is 6.00. The molecule has 0 aromatic heterocycles. The quantitative estimate of drug-likeness (QED) is 0.520. The van der Waals surface area contributed by atoms with Gasteiger partial charge in [-0.15, -0.1) is 0 Å². The zero-order chi connectivity index (χ0) is 22.5. The minimum absolute atomic E-state index is 0.218. The summed E-state index contributed by atoms with van der Waals surface area (Å²) in [6.45, 7) is 3.85. The van der Waals surface area contributed by atoms with Crippen LogP contribution in [0.3, 0.4) is 0 Å². The number of methoxy groups -OCH3 is 1. The van der Waals surface area contributed by atoms with E-state index in [1.165, 1.54) is 7.11 Å². The molecule has 0 bridgehead atoms. The van der Waals surface area contributed by atoms with Crippen molar-refractivity contribution in [2.45, 2.75) is 26.5 Å². The van der Waals surface area contributed by atoms with Crippen LogP contribution in [0.25, 0.3) is 0 Å². The van der Waals surface area contributed by atoms with Crippen LogP contribution in [-0.4, -0.2) is 25.7 Å². The van der Waals surface area contributed by atoms with Crippen LogP contribution in [0.1, 0.15) is 31.0 Å². The molecule has 0 saturated heterocycles. The number of rotatable bonds is 7. The summed E-state index contributed by atoms with van der Waals surface area (Å²) in [4.78, 5) is 24.7. The molecule has 1 aliphatic rings. The molecule has 2 aromatic rings. The molecule has 0 fully saturated rings. The molecule has 1 atom stereocenters. The zero-order valence-corrected chi connectivity index (χ0v) is 19.6. The van der Waals surface area contributed by atoms with Gasteiger partial charge in [-0.25, -0.2) is 9.59 Å². The van der Waals surface area contributed by atoms with E-state index in [1.807, 2.05) is 18.2 Å². The lowest BCUT2D eigenvalue weighted by Gasteiger charge is -2.29. The van der Waals surface area contributed by atoms with Crippen LogP contribution in [0, 0.1) is 0 Å². The van der Waals surface area contributed by atoms with Crippen LogP contribution in [0.4, 0.5) is 4.79 Å². The average Bonchev–Trinajstić information content (AvgIpc) is 2.72. The van der Waals surface area contributed by atoms with Crippen molar-refractivity contribution >= 4 is 39.5 Å². The third-order valence-electron chi connectivity index (χ3n) is 4.70. The molecular formula is C22H22BrClN2O5. The fourth-order valence-electron chi connectivity index (χ4n) is 3.22. The number of carbonyl (C=O) groups is 2. The number of amides is 2. The predicted molar refractivity (Wildman–Crippen MR) is 120 cm³/mol. The van der Waals surface area contributed by atoms with E-state index in [-0.39, 0.29) is 13.2 Å². The molecule has 31 heavy (non-hydrogen) atoms. The van der Waals surface area contributed by atoms with E-state index in [4.69, 9.17) is 25.8 Å². The molecule has 1 heterocycles. The van der Waals surface area contributed by atoms with E-state index in [0.717, 1.165) is 5.56 Å². The van der Waals surface area contributed by atoms with Gasteiger partial charge < -0.3 is 24.8 Å². The molecule has 2 amide bonds. The Morgan fingerprint density at radius 1 is 1.23 bits per heavy atom. The maximum atomic E-state index is 12.6. The van der Waals surface area contributed by atoms with Gasteiger partial charge in [0.25, 0.3) is 0 Å². The highest BCUT2D eigenvalue weighted by atomic mass is 79.9. The number of allylic oxidation sites excluding steroid dienone is 1. The molecule has 0 unspecified atom stereocenters. The van der Waals surface area contributed by atoms with Gasteiger partial charge in [0, 0.05) is 20.8 Å². The van der Waals surface area contributed by atoms with Crippen molar-refractivity contribution in [3.8, 4) is 11.5 Å². The van der Waals surface area contributed by atoms with E-state index in [0.29, 0.717) is 37.8 Å². The van der Waals surface area contributed by atoms with Crippen molar-refractivity contribution in [2.75, 3.05) is 13.7 Å². The summed E-state index contributed by atoms with van der Waals surface area (Å²) in [6, 6.07) is 9.71. The first-order chi connectivity index (χ1) is 14.8. The Labute approximate surface area is 193 Å². The molecule has 2 aromatic carbocycles. The molecular weight excluding hydrogens is 488 g/mol. The fraction of sp³-hybridized carbons (Fsp3) is 0.273. The van der Waals surface area contributed by atoms with Gasteiger partial charge in [0.15, 0.2) is 11.5 Å². The van der Waals surface area contributed by atoms with Gasteiger partial charge in [0.1, 0.15) is 6.61 Å². The summed E-state index contributed by atoms with van der Waals surface area (Å²) in [5.41, 5.74) is 2.20. The standard InChI is InChI=1S/C22H22BrClN2O5/c1-4-30-21(27)19-12(2)25-22(28)26-20(19)14-9-17(29-3)18(10-15(14)23)31-11-13-7-5-6-8-16(13)24/h5-10,20H,4,11H2,1-3H3,(H2,25,26,28)/t20-/m0/s1. The largest absolute Gasteiger partial charge is 0.493 e. The van der Waals surface area contributed by atoms with Crippen molar-refractivity contribution in [2.24, 2.45) is 0 Å². The number of hydrogen-bond donors (Lipinski definition) is 2. The predicted octanol–water partition coefficient (Wildman–Crippen LogP) is 4.88. The number of carbonyl (C=O) groups excluding carboxylic acids is 2. The summed E-state index contributed by atoms with van der Waals surface area (Å²) in [5.74, 6) is 0.415. The SMILES string of the molecule is CCOC(=O)C1=C(C)NC(=O)N[C@H]1c1cc(OC)c(OCc2ccccc2Cl)cc1Br. The molecule has 0 saturated carbocycles. The normalized spacial score (nSPS) is 15.8. The highest BCUT2D eigenvalue weighted by molar-refractivity contribution is 9.10. The monoisotopic (exact) mass is 508 g/mol. The van der Waals surface area contributed by atoms with Gasteiger partial charge in [-0.3, -0.25) is 0 Å². The van der Waals surface area contributed by atoms with E-state index >= 15 is 0 Å². The second kappa shape index (κ2) is 10.1. The Kier molecular flexibility index (Phi) is 7.46. The first kappa shape index (κ1) is 23.0. The molecule has 0 aliphatic carbocycles. The second-order valence-electron chi connectivity index (χ2n) is 6.70. The number of ether oxygens (including phenoxy) is 3. The lowest BCUT2D eigenvalue weighted by molar-refractivity contribution is -0.139. The van der Waals surface area contributed by atoms with Gasteiger partial charge in [0.2, 0.25) is 0 Å². The summed E-state index contributed by atoms with van der Waals surface area (Å²) in [7, 11) is 1.52. The van der Waals surface area contributed by atoms with E-state index < -0.39 is 18.0 Å². The Bertz CT molecular complexity index is 1040. The summed E-state index contributed by atoms with van der Waals surface area (Å²) < 4.78 is 17.3. The topological polar surface area (TPSA) is 85.9 Å². The lowest BCUT2D eigenvalue weighted by atomic mass is 9.95. The van der Waals surface area contributed by atoms with Crippen LogP contribution in [0.15, 0.2) is 52.1 Å². The number of esters is 1. The molecule has 7 nitrogen and oxygen atoms in total. The van der Waals surface area contributed by atoms with Crippen LogP contribution in [0.5, 0.6) is 11.5 Å². The number of benzene rings is 2. The number of urea groups is 1. The lowest BCUT2D eigenvalue weighted by Crippen LogP contribution is -2.45. The molecule has 0 spiro atoms. The highest BCUT2D eigenvalue weighted by Gasteiger charge is 2.34. The molecule has 1 aliphatic heterocycles. The van der Waals surface area contributed by atoms with Gasteiger partial charge in [-0.2, -0.15) is 0 Å². The van der Waals surface area contributed by atoms with Gasteiger partial charge in [-0.1, -0.05) is 45.7 Å². The smallest absolute Gasteiger partial charge is 0.338 e. The summed E-state index contributed by atoms with van der Waals surface area (Å²) >= 11 is 9.74. The fourth-order valence-corrected chi connectivity index (χ4v) is 3.96. The van der Waals surface area contributed by atoms with Crippen LogP contribution in [0.2, 0.25) is 5.02 Å². The van der Waals surface area contributed by atoms with Gasteiger partial charge >= 0.3 is 12.0 Å². The number of nitrogens with one attached hydrogen (secondary N) is 2. The van der Waals surface area contributed by atoms with Crippen LogP contribution < -0.4 is 20.1 Å². The maximum Gasteiger partial charge on any atom is 0.338 e. The van der Waals surface area contributed by atoms with Crippen molar-refractivity contribution in [3.05, 3.63) is 68.3 Å². The molecule has 164 valence electrons. The van der Waals surface area contributed by atoms with Crippen molar-refractivity contribution < 1.29 is 23.8 Å². The van der Waals surface area contributed by atoms with E-state index in [2.05, 4.69) is 26.6 Å². The third kappa shape index (κ3) is 5.14. The first-order valence-electron chi connectivity index (χ1n) is 9.54. The van der Waals surface area contributed by atoms with Crippen molar-refractivity contribution in [3.63, 3.8) is 0 Å². The van der Waals surface area contributed by atoms with Crippen LogP contribution in [-0.2, 0) is 16.1 Å². The Morgan fingerprint density at radius 3 is 2.65 bits per heavy atom. The average molecular weight is 510 g/mol. The number of hydrogen-bond acceptors (Lipinski definition) is 5. The van der Waals surface area contributed by atoms with E-state index in [9.17, 15) is 9.59 Å². The molecule has 3 rings (SSSR count). The Hall–Kier alpha value is -2.71. The summed E-state index contributed by atoms with van der Waals surface area (Å²) in [6.07, 6.45) is 0. The maximum absolute atomic E-state index is 12.6. The first-order valence-corrected chi connectivity index (χ1v) is 10.7. The van der Waals surface area contributed by atoms with Crippen molar-refractivity contribution in [1.82, 2.24) is 10.6 Å². The minimum atomic E-state index is -0.728. The Balaban J connectivity index is 1.96. The zero-order valence-electron chi connectivity index (χ0n) is 17.3. The minimum Gasteiger partial charge on any atom is -0.493 e. The third-order valence-corrected chi connectivity index (χ3v) is 5.75. The highest BCUT2D eigenvalue weighted by Crippen LogP contribution is 2.40. The molecule has 9 heteroatoms. The second-order valence-corrected chi connectivity index (χ2v) is 7.96. The molecule has 2 N–H and O–H groups in total.